The number of benzene rings is 1. The van der Waals surface area contributed by atoms with Crippen molar-refractivity contribution in [3.05, 3.63) is 46.2 Å². The van der Waals surface area contributed by atoms with Crippen molar-refractivity contribution in [1.82, 2.24) is 0 Å². The Morgan fingerprint density at radius 2 is 1.69 bits per heavy atom. The van der Waals surface area contributed by atoms with Gasteiger partial charge in [0.05, 0.1) is 4.58 Å². The van der Waals surface area contributed by atoms with Crippen LogP contribution < -0.4 is 0 Å². The third-order valence-corrected chi connectivity index (χ3v) is 4.27. The van der Waals surface area contributed by atoms with E-state index in [9.17, 15) is 4.79 Å². The maximum atomic E-state index is 10.4. The van der Waals surface area contributed by atoms with Gasteiger partial charge in [0.1, 0.15) is 6.29 Å². The Morgan fingerprint density at radius 3 is 2.23 bits per heavy atom. The monoisotopic (exact) mass is 208 g/mol. The largest absolute Gasteiger partial charge is 0.298 e. The Balaban J connectivity index is 2.17. The van der Waals surface area contributed by atoms with E-state index in [0.29, 0.717) is 4.58 Å². The highest BCUT2D eigenvalue weighted by Crippen LogP contribution is 2.45. The molecule has 0 spiro atoms. The molecule has 0 bridgehead atoms. The summed E-state index contributed by atoms with van der Waals surface area (Å²) in [5.74, 6) is 0. The molecule has 0 saturated heterocycles. The Morgan fingerprint density at radius 1 is 1.08 bits per heavy atom. The smallest absolute Gasteiger partial charge is 0.150 e. The molecular formula is C10H8OS2. The van der Waals surface area contributed by atoms with Crippen molar-refractivity contribution >= 4 is 29.8 Å². The normalized spacial score (nSPS) is 16.3. The van der Waals surface area contributed by atoms with Crippen LogP contribution in [0, 0.1) is 0 Å². The molecular weight excluding hydrogens is 200 g/mol. The van der Waals surface area contributed by atoms with Gasteiger partial charge in [0.25, 0.3) is 0 Å². The summed E-state index contributed by atoms with van der Waals surface area (Å²) < 4.78 is 0.473. The van der Waals surface area contributed by atoms with Crippen LogP contribution in [0.15, 0.2) is 35.1 Å². The van der Waals surface area contributed by atoms with Gasteiger partial charge in [-0.1, -0.05) is 24.3 Å². The van der Waals surface area contributed by atoms with Gasteiger partial charge < -0.3 is 0 Å². The van der Waals surface area contributed by atoms with E-state index < -0.39 is 0 Å². The second-order valence-electron chi connectivity index (χ2n) is 2.66. The first-order chi connectivity index (χ1) is 6.40. The second kappa shape index (κ2) is 4.03. The molecule has 0 N–H and O–H groups in total. The van der Waals surface area contributed by atoms with Gasteiger partial charge in [-0.25, -0.2) is 0 Å². The molecule has 0 aromatic heterocycles. The Labute approximate surface area is 85.6 Å². The van der Waals surface area contributed by atoms with Gasteiger partial charge in [-0.3, -0.25) is 4.79 Å². The molecule has 1 aliphatic heterocycles. The van der Waals surface area contributed by atoms with E-state index in [2.05, 4.69) is 10.8 Å². The fourth-order valence-corrected chi connectivity index (χ4v) is 3.20. The van der Waals surface area contributed by atoms with E-state index >= 15 is 0 Å². The molecule has 0 fully saturated rings. The molecule has 0 aliphatic carbocycles. The lowest BCUT2D eigenvalue weighted by atomic mass is 10.2. The fraction of sp³-hybridized carbons (Fsp3) is 0.100. The Kier molecular flexibility index (Phi) is 2.76. The van der Waals surface area contributed by atoms with Crippen LogP contribution in [0.2, 0.25) is 0 Å². The first-order valence-corrected chi connectivity index (χ1v) is 5.80. The lowest BCUT2D eigenvalue weighted by Gasteiger charge is -2.07. The molecule has 0 amide bonds. The number of hydrogen-bond donors (Lipinski definition) is 0. The highest BCUT2D eigenvalue weighted by Gasteiger charge is 2.13. The first-order valence-electron chi connectivity index (χ1n) is 3.91. The van der Waals surface area contributed by atoms with E-state index in [1.807, 2.05) is 24.3 Å². The number of thioether (sulfide) groups is 2. The van der Waals surface area contributed by atoms with E-state index in [0.717, 1.165) is 11.8 Å². The molecule has 1 heterocycles. The molecule has 1 nitrogen and oxygen atoms in total. The fourth-order valence-electron chi connectivity index (χ4n) is 1.13. The van der Waals surface area contributed by atoms with E-state index in [-0.39, 0.29) is 0 Å². The molecule has 13 heavy (non-hydrogen) atoms. The molecule has 0 saturated carbocycles. The van der Waals surface area contributed by atoms with E-state index in [4.69, 9.17) is 0 Å². The predicted octanol–water partition coefficient (Wildman–Crippen LogP) is 3.45. The highest BCUT2D eigenvalue weighted by atomic mass is 32.2. The zero-order valence-electron chi connectivity index (χ0n) is 6.84. The standard InChI is InChI=1S/C10H8OS2/c11-7-8-1-3-9(4-2-8)10-12-5-6-13-10/h1-7,10H. The van der Waals surface area contributed by atoms with Crippen LogP contribution >= 0.6 is 23.5 Å². The number of aldehydes is 1. The topological polar surface area (TPSA) is 17.1 Å². The van der Waals surface area contributed by atoms with Gasteiger partial charge in [-0.2, -0.15) is 0 Å². The molecule has 3 heteroatoms. The lowest BCUT2D eigenvalue weighted by molar-refractivity contribution is 0.112. The van der Waals surface area contributed by atoms with Crippen LogP contribution in [0.4, 0.5) is 0 Å². The van der Waals surface area contributed by atoms with Crippen molar-refractivity contribution in [3.63, 3.8) is 0 Å². The van der Waals surface area contributed by atoms with E-state index in [1.54, 1.807) is 23.5 Å². The molecule has 0 atom stereocenters. The summed E-state index contributed by atoms with van der Waals surface area (Å²) >= 11 is 3.61. The minimum absolute atomic E-state index is 0.473. The van der Waals surface area contributed by atoms with Crippen molar-refractivity contribution in [2.24, 2.45) is 0 Å². The summed E-state index contributed by atoms with van der Waals surface area (Å²) in [6.07, 6.45) is 0.872. The minimum Gasteiger partial charge on any atom is -0.298 e. The van der Waals surface area contributed by atoms with Crippen molar-refractivity contribution in [2.45, 2.75) is 4.58 Å². The Hall–Kier alpha value is -0.670. The van der Waals surface area contributed by atoms with Crippen LogP contribution in [0.25, 0.3) is 0 Å². The third kappa shape index (κ3) is 1.98. The van der Waals surface area contributed by atoms with Gasteiger partial charge in [-0.15, -0.1) is 23.5 Å². The van der Waals surface area contributed by atoms with Gasteiger partial charge in [0.2, 0.25) is 0 Å². The highest BCUT2D eigenvalue weighted by molar-refractivity contribution is 8.21. The number of carbonyl (C=O) groups excluding carboxylic acids is 1. The summed E-state index contributed by atoms with van der Waals surface area (Å²) in [6.45, 7) is 0. The van der Waals surface area contributed by atoms with Crippen LogP contribution in [0.3, 0.4) is 0 Å². The van der Waals surface area contributed by atoms with Crippen molar-refractivity contribution in [2.75, 3.05) is 0 Å². The lowest BCUT2D eigenvalue weighted by Crippen LogP contribution is -1.85. The average Bonchev–Trinajstić information content (AvgIpc) is 2.71. The molecule has 66 valence electrons. The SMILES string of the molecule is O=Cc1ccc(C2SC=CS2)cc1. The number of carbonyl (C=O) groups is 1. The zero-order chi connectivity index (χ0) is 9.10. The maximum absolute atomic E-state index is 10.4. The first kappa shape index (κ1) is 8.91. The van der Waals surface area contributed by atoms with E-state index in [1.165, 1.54) is 5.56 Å². The van der Waals surface area contributed by atoms with Gasteiger partial charge in [-0.05, 0) is 16.4 Å². The number of hydrogen-bond acceptors (Lipinski definition) is 3. The second-order valence-corrected chi connectivity index (χ2v) is 4.99. The molecule has 1 aromatic carbocycles. The molecule has 0 radical (unpaired) electrons. The van der Waals surface area contributed by atoms with Crippen molar-refractivity contribution < 1.29 is 4.79 Å². The summed E-state index contributed by atoms with van der Waals surface area (Å²) in [4.78, 5) is 10.4. The summed E-state index contributed by atoms with van der Waals surface area (Å²) in [7, 11) is 0. The van der Waals surface area contributed by atoms with Crippen molar-refractivity contribution in [3.8, 4) is 0 Å². The quantitative estimate of drug-likeness (QED) is 0.693. The van der Waals surface area contributed by atoms with Gasteiger partial charge in [0, 0.05) is 5.56 Å². The van der Waals surface area contributed by atoms with Gasteiger partial charge >= 0.3 is 0 Å². The summed E-state index contributed by atoms with van der Waals surface area (Å²) in [6, 6.07) is 7.76. The van der Waals surface area contributed by atoms with Crippen molar-refractivity contribution in [1.29, 1.82) is 0 Å². The average molecular weight is 208 g/mol. The summed E-state index contributed by atoms with van der Waals surface area (Å²) in [5.41, 5.74) is 2.01. The summed E-state index contributed by atoms with van der Waals surface area (Å²) in [5, 5.41) is 4.20. The molecule has 1 aromatic rings. The molecule has 2 rings (SSSR count). The van der Waals surface area contributed by atoms with Crippen LogP contribution in [-0.2, 0) is 0 Å². The zero-order valence-corrected chi connectivity index (χ0v) is 8.48. The van der Waals surface area contributed by atoms with Gasteiger partial charge in [0.15, 0.2) is 0 Å². The number of rotatable bonds is 2. The predicted molar refractivity (Wildman–Crippen MR) is 58.9 cm³/mol. The maximum Gasteiger partial charge on any atom is 0.150 e. The third-order valence-electron chi connectivity index (χ3n) is 1.80. The van der Waals surface area contributed by atoms with Crippen LogP contribution in [-0.4, -0.2) is 6.29 Å². The minimum atomic E-state index is 0.473. The molecule has 1 aliphatic rings. The van der Waals surface area contributed by atoms with Crippen LogP contribution in [0.5, 0.6) is 0 Å². The Bertz CT molecular complexity index is 321. The molecule has 0 unspecified atom stereocenters. The van der Waals surface area contributed by atoms with Crippen LogP contribution in [0.1, 0.15) is 20.5 Å².